The Labute approximate surface area is 202 Å². The number of nitrogens with one attached hydrogen (secondary N) is 2. The number of aryl methyl sites for hydroxylation is 2. The van der Waals surface area contributed by atoms with Crippen molar-refractivity contribution >= 4 is 40.5 Å². The number of ether oxygens (including phenoxy) is 1. The van der Waals surface area contributed by atoms with Crippen LogP contribution in [-0.2, 0) is 9.53 Å². The zero-order valence-electron chi connectivity index (χ0n) is 20.4. The molecular weight excluding hydrogens is 462 g/mol. The topological polar surface area (TPSA) is 136 Å². The maximum absolute atomic E-state index is 13.1. The molecule has 182 valence electrons. The van der Waals surface area contributed by atoms with Crippen LogP contribution in [0.25, 0.3) is 0 Å². The predicted molar refractivity (Wildman–Crippen MR) is 130 cm³/mol. The Morgan fingerprint density at radius 1 is 1.03 bits per heavy atom. The molecule has 0 bridgehead atoms. The highest BCUT2D eigenvalue weighted by Gasteiger charge is 2.29. The number of thiazole rings is 2. The first-order valence-electron chi connectivity index (χ1n) is 10.7. The molecule has 0 aromatic carbocycles. The summed E-state index contributed by atoms with van der Waals surface area (Å²) in [5, 5.41) is 6.69. The molecule has 4 N–H and O–H groups in total. The number of amides is 2. The van der Waals surface area contributed by atoms with E-state index in [4.69, 9.17) is 10.5 Å². The minimum Gasteiger partial charge on any atom is -0.455 e. The van der Waals surface area contributed by atoms with Crippen molar-refractivity contribution in [1.29, 1.82) is 0 Å². The van der Waals surface area contributed by atoms with Gasteiger partial charge >= 0.3 is 5.97 Å². The predicted octanol–water partition coefficient (Wildman–Crippen LogP) is 3.43. The first-order valence-corrected chi connectivity index (χ1v) is 12.3. The van der Waals surface area contributed by atoms with Crippen LogP contribution in [0.5, 0.6) is 0 Å². The SMILES string of the molecule is CNC(=O)C[C@H](N)c1nc(C(=O)N[C@H](c2nc(C(=O)OC(C)(C)C)c(C)s2)C(C)C)c(C)s1. The third-order valence-electron chi connectivity index (χ3n) is 4.65. The van der Waals surface area contributed by atoms with Gasteiger partial charge in [0, 0.05) is 23.2 Å². The Kier molecular flexibility index (Phi) is 8.72. The first-order chi connectivity index (χ1) is 15.2. The van der Waals surface area contributed by atoms with Crippen LogP contribution in [0, 0.1) is 19.8 Å². The largest absolute Gasteiger partial charge is 0.455 e. The van der Waals surface area contributed by atoms with Gasteiger partial charge in [-0.25, -0.2) is 14.8 Å². The zero-order valence-corrected chi connectivity index (χ0v) is 22.0. The second kappa shape index (κ2) is 10.7. The van der Waals surface area contributed by atoms with Crippen molar-refractivity contribution in [3.05, 3.63) is 31.2 Å². The average molecular weight is 496 g/mol. The molecule has 0 fully saturated rings. The number of aromatic nitrogens is 2. The smallest absolute Gasteiger partial charge is 0.358 e. The lowest BCUT2D eigenvalue weighted by Crippen LogP contribution is -2.32. The van der Waals surface area contributed by atoms with E-state index >= 15 is 0 Å². The molecule has 0 spiro atoms. The van der Waals surface area contributed by atoms with E-state index in [-0.39, 0.29) is 35.5 Å². The van der Waals surface area contributed by atoms with Crippen molar-refractivity contribution in [2.45, 2.75) is 72.6 Å². The molecule has 2 aromatic rings. The maximum atomic E-state index is 13.1. The highest BCUT2D eigenvalue weighted by atomic mass is 32.1. The van der Waals surface area contributed by atoms with E-state index in [9.17, 15) is 14.4 Å². The number of carbonyl (C=O) groups excluding carboxylic acids is 3. The summed E-state index contributed by atoms with van der Waals surface area (Å²) in [6.45, 7) is 12.9. The summed E-state index contributed by atoms with van der Waals surface area (Å²) < 4.78 is 5.45. The standard InChI is InChI=1S/C22H33N5O4S2/c1-10(2)15(20-27-17(12(4)33-20)21(30)31-22(5,6)7)25-18(29)16-11(3)32-19(26-16)13(23)9-14(28)24-8/h10,13,15H,9,23H2,1-8H3,(H,24,28)(H,25,29)/t13-,15-/m0/s1. The lowest BCUT2D eigenvalue weighted by molar-refractivity contribution is -0.120. The Balaban J connectivity index is 2.24. The van der Waals surface area contributed by atoms with E-state index in [1.807, 2.05) is 20.8 Å². The Hall–Kier alpha value is -2.37. The lowest BCUT2D eigenvalue weighted by Gasteiger charge is -2.20. The van der Waals surface area contributed by atoms with E-state index in [1.165, 1.54) is 22.7 Å². The first kappa shape index (κ1) is 26.9. The van der Waals surface area contributed by atoms with Gasteiger partial charge in [-0.2, -0.15) is 0 Å². The van der Waals surface area contributed by atoms with Crippen molar-refractivity contribution in [3.8, 4) is 0 Å². The molecule has 2 heterocycles. The second-order valence-corrected chi connectivity index (χ2v) is 11.6. The van der Waals surface area contributed by atoms with Crippen molar-refractivity contribution in [2.24, 2.45) is 11.7 Å². The van der Waals surface area contributed by atoms with Gasteiger partial charge in [0.15, 0.2) is 5.69 Å². The van der Waals surface area contributed by atoms with Crippen LogP contribution >= 0.6 is 22.7 Å². The van der Waals surface area contributed by atoms with Crippen LogP contribution in [0.15, 0.2) is 0 Å². The van der Waals surface area contributed by atoms with E-state index in [0.29, 0.717) is 14.9 Å². The number of nitrogens with two attached hydrogens (primary N) is 1. The molecule has 0 saturated heterocycles. The molecule has 33 heavy (non-hydrogen) atoms. The number of nitrogens with zero attached hydrogens (tertiary/aromatic N) is 2. The lowest BCUT2D eigenvalue weighted by atomic mass is 10.0. The Bertz CT molecular complexity index is 1020. The molecule has 0 aliphatic heterocycles. The van der Waals surface area contributed by atoms with Crippen LogP contribution in [0.2, 0.25) is 0 Å². The molecule has 0 aliphatic carbocycles. The van der Waals surface area contributed by atoms with Gasteiger partial charge in [-0.1, -0.05) is 13.8 Å². The van der Waals surface area contributed by atoms with Crippen LogP contribution < -0.4 is 16.4 Å². The molecule has 0 aliphatic rings. The van der Waals surface area contributed by atoms with Crippen LogP contribution in [0.1, 0.15) is 93.9 Å². The van der Waals surface area contributed by atoms with Crippen LogP contribution in [-0.4, -0.2) is 40.4 Å². The quantitative estimate of drug-likeness (QED) is 0.477. The van der Waals surface area contributed by atoms with E-state index in [2.05, 4.69) is 20.6 Å². The van der Waals surface area contributed by atoms with Gasteiger partial charge in [-0.3, -0.25) is 9.59 Å². The summed E-state index contributed by atoms with van der Waals surface area (Å²) in [7, 11) is 1.54. The number of rotatable bonds is 8. The minimum atomic E-state index is -0.628. The van der Waals surface area contributed by atoms with Crippen molar-refractivity contribution in [3.63, 3.8) is 0 Å². The van der Waals surface area contributed by atoms with Gasteiger partial charge in [0.1, 0.15) is 21.3 Å². The van der Waals surface area contributed by atoms with Crippen molar-refractivity contribution in [1.82, 2.24) is 20.6 Å². The summed E-state index contributed by atoms with van der Waals surface area (Å²) in [4.78, 5) is 47.6. The number of esters is 1. The molecule has 2 rings (SSSR count). The molecule has 0 unspecified atom stereocenters. The summed E-state index contributed by atoms with van der Waals surface area (Å²) in [5.41, 5.74) is 5.99. The van der Waals surface area contributed by atoms with Crippen molar-refractivity contribution < 1.29 is 19.1 Å². The molecule has 0 radical (unpaired) electrons. The fourth-order valence-electron chi connectivity index (χ4n) is 2.96. The monoisotopic (exact) mass is 495 g/mol. The van der Waals surface area contributed by atoms with Crippen molar-refractivity contribution in [2.75, 3.05) is 7.05 Å². The highest BCUT2D eigenvalue weighted by molar-refractivity contribution is 7.12. The van der Waals surface area contributed by atoms with Crippen LogP contribution in [0.3, 0.4) is 0 Å². The average Bonchev–Trinajstić information content (AvgIpc) is 3.27. The van der Waals surface area contributed by atoms with E-state index in [1.54, 1.807) is 34.7 Å². The van der Waals surface area contributed by atoms with Gasteiger partial charge in [0.05, 0.1) is 12.1 Å². The van der Waals surface area contributed by atoms with E-state index < -0.39 is 23.7 Å². The summed E-state index contributed by atoms with van der Waals surface area (Å²) >= 11 is 2.66. The van der Waals surface area contributed by atoms with Gasteiger partial charge in [0.25, 0.3) is 5.91 Å². The van der Waals surface area contributed by atoms with E-state index in [0.717, 1.165) is 4.88 Å². The minimum absolute atomic E-state index is 0.0138. The fraction of sp³-hybridized carbons (Fsp3) is 0.591. The number of hydrogen-bond acceptors (Lipinski definition) is 9. The molecule has 11 heteroatoms. The highest BCUT2D eigenvalue weighted by Crippen LogP contribution is 2.30. The maximum Gasteiger partial charge on any atom is 0.358 e. The molecule has 2 aromatic heterocycles. The third-order valence-corrected chi connectivity index (χ3v) is 6.81. The van der Waals surface area contributed by atoms with Gasteiger partial charge in [0.2, 0.25) is 5.91 Å². The second-order valence-electron chi connectivity index (χ2n) is 9.09. The summed E-state index contributed by atoms with van der Waals surface area (Å²) in [5.74, 6) is -1.02. The van der Waals surface area contributed by atoms with Gasteiger partial charge < -0.3 is 21.1 Å². The number of hydrogen-bond donors (Lipinski definition) is 3. The van der Waals surface area contributed by atoms with Crippen LogP contribution in [0.4, 0.5) is 0 Å². The molecular formula is C22H33N5O4S2. The third kappa shape index (κ3) is 7.05. The Morgan fingerprint density at radius 2 is 1.58 bits per heavy atom. The van der Waals surface area contributed by atoms with Gasteiger partial charge in [-0.15, -0.1) is 22.7 Å². The number of carbonyl (C=O) groups is 3. The Morgan fingerprint density at radius 3 is 2.12 bits per heavy atom. The summed E-state index contributed by atoms with van der Waals surface area (Å²) in [6.07, 6.45) is 0.0883. The normalized spacial score (nSPS) is 13.5. The molecule has 9 nitrogen and oxygen atoms in total. The molecule has 0 saturated carbocycles. The molecule has 2 atom stereocenters. The van der Waals surface area contributed by atoms with Gasteiger partial charge in [-0.05, 0) is 40.5 Å². The fourth-order valence-corrected chi connectivity index (χ4v) is 5.02. The zero-order chi connectivity index (χ0) is 25.1. The summed E-state index contributed by atoms with van der Waals surface area (Å²) in [6, 6.07) is -1.00. The molecule has 2 amide bonds.